The van der Waals surface area contributed by atoms with Crippen LogP contribution in [0.4, 0.5) is 5.69 Å². The molecule has 2 N–H and O–H groups in total. The van der Waals surface area contributed by atoms with Crippen molar-refractivity contribution >= 4 is 17.5 Å². The van der Waals surface area contributed by atoms with Crippen LogP contribution in [0.3, 0.4) is 0 Å². The Morgan fingerprint density at radius 1 is 1.04 bits per heavy atom. The normalized spacial score (nSPS) is 21.3. The van der Waals surface area contributed by atoms with Crippen molar-refractivity contribution in [2.45, 2.75) is 72.8 Å². The number of nitrogens with one attached hydrogen (secondary N) is 2. The Morgan fingerprint density at radius 2 is 1.62 bits per heavy atom. The number of rotatable bonds is 6. The summed E-state index contributed by atoms with van der Waals surface area (Å²) < 4.78 is 0. The van der Waals surface area contributed by atoms with Gasteiger partial charge in [0.05, 0.1) is 0 Å². The summed E-state index contributed by atoms with van der Waals surface area (Å²) in [6.07, 6.45) is 4.70. The van der Waals surface area contributed by atoms with Gasteiger partial charge in [-0.05, 0) is 81.0 Å². The molecule has 2 rings (SSSR count). The van der Waals surface area contributed by atoms with Gasteiger partial charge in [-0.25, -0.2) is 0 Å². The van der Waals surface area contributed by atoms with Crippen LogP contribution in [0.1, 0.15) is 64.0 Å². The lowest BCUT2D eigenvalue weighted by Gasteiger charge is -2.28. The van der Waals surface area contributed by atoms with E-state index in [0.717, 1.165) is 42.5 Å². The molecule has 1 atom stereocenters. The quantitative estimate of drug-likeness (QED) is 0.781. The van der Waals surface area contributed by atoms with Crippen LogP contribution in [-0.2, 0) is 9.59 Å². The lowest BCUT2D eigenvalue weighted by atomic mass is 9.82. The van der Waals surface area contributed by atoms with Gasteiger partial charge in [0, 0.05) is 11.6 Å². The third kappa shape index (κ3) is 6.15. The van der Waals surface area contributed by atoms with E-state index in [-0.39, 0.29) is 17.7 Å². The predicted octanol–water partition coefficient (Wildman–Crippen LogP) is 4.60. The average Bonchev–Trinajstić information content (AvgIpc) is 2.53. The van der Waals surface area contributed by atoms with Crippen LogP contribution in [0.5, 0.6) is 0 Å². The molecule has 1 unspecified atom stereocenters. The highest BCUT2D eigenvalue weighted by Crippen LogP contribution is 2.28. The number of carbonyl (C=O) groups is 2. The van der Waals surface area contributed by atoms with Crippen LogP contribution in [-0.4, -0.2) is 17.9 Å². The molecule has 0 aromatic heterocycles. The van der Waals surface area contributed by atoms with Crippen LogP contribution < -0.4 is 10.6 Å². The van der Waals surface area contributed by atoms with Crippen molar-refractivity contribution in [1.82, 2.24) is 5.32 Å². The molecule has 2 amide bonds. The molecule has 0 radical (unpaired) electrons. The largest absolute Gasteiger partial charge is 0.344 e. The Morgan fingerprint density at radius 3 is 2.15 bits per heavy atom. The van der Waals surface area contributed by atoms with Crippen LogP contribution >= 0.6 is 0 Å². The summed E-state index contributed by atoms with van der Waals surface area (Å²) in [7, 11) is 0. The number of aryl methyl sites for hydroxylation is 2. The van der Waals surface area contributed by atoms with Crippen LogP contribution in [0, 0.1) is 31.6 Å². The summed E-state index contributed by atoms with van der Waals surface area (Å²) in [4.78, 5) is 25.5. The number of hydrogen-bond donors (Lipinski definition) is 2. The van der Waals surface area contributed by atoms with Gasteiger partial charge in [-0.15, -0.1) is 0 Å². The van der Waals surface area contributed by atoms with E-state index in [1.54, 1.807) is 0 Å². The van der Waals surface area contributed by atoms with Crippen molar-refractivity contribution in [1.29, 1.82) is 0 Å². The molecular formula is C22H34N2O2. The van der Waals surface area contributed by atoms with Crippen molar-refractivity contribution in [2.75, 3.05) is 5.32 Å². The molecule has 0 spiro atoms. The first kappa shape index (κ1) is 20.5. The van der Waals surface area contributed by atoms with E-state index < -0.39 is 6.04 Å². The van der Waals surface area contributed by atoms with Gasteiger partial charge in [0.15, 0.2) is 0 Å². The monoisotopic (exact) mass is 358 g/mol. The molecule has 4 nitrogen and oxygen atoms in total. The first-order chi connectivity index (χ1) is 12.2. The zero-order valence-electron chi connectivity index (χ0n) is 16.9. The molecule has 1 saturated carbocycles. The number of hydrogen-bond acceptors (Lipinski definition) is 2. The fourth-order valence-electron chi connectivity index (χ4n) is 3.79. The van der Waals surface area contributed by atoms with Crippen molar-refractivity contribution in [3.8, 4) is 0 Å². The minimum absolute atomic E-state index is 0.0399. The average molecular weight is 359 g/mol. The molecular weight excluding hydrogens is 324 g/mol. The summed E-state index contributed by atoms with van der Waals surface area (Å²) >= 11 is 0. The summed E-state index contributed by atoms with van der Waals surface area (Å²) in [5.74, 6) is 1.00. The predicted molar refractivity (Wildman–Crippen MR) is 107 cm³/mol. The lowest BCUT2D eigenvalue weighted by molar-refractivity contribution is -0.130. The van der Waals surface area contributed by atoms with Crippen molar-refractivity contribution < 1.29 is 9.59 Å². The third-order valence-corrected chi connectivity index (χ3v) is 5.22. The van der Waals surface area contributed by atoms with E-state index in [1.807, 2.05) is 26.0 Å². The molecule has 0 aliphatic heterocycles. The molecule has 144 valence electrons. The number of anilines is 1. The topological polar surface area (TPSA) is 58.2 Å². The van der Waals surface area contributed by atoms with Crippen LogP contribution in [0.2, 0.25) is 0 Å². The van der Waals surface area contributed by atoms with E-state index in [9.17, 15) is 9.59 Å². The molecule has 1 aromatic carbocycles. The Labute approximate surface area is 158 Å². The van der Waals surface area contributed by atoms with Gasteiger partial charge in [-0.1, -0.05) is 26.8 Å². The van der Waals surface area contributed by atoms with Gasteiger partial charge in [-0.3, -0.25) is 9.59 Å². The second kappa shape index (κ2) is 9.20. The Hall–Kier alpha value is -1.84. The number of carbonyl (C=O) groups excluding carboxylic acids is 2. The van der Waals surface area contributed by atoms with Gasteiger partial charge >= 0.3 is 0 Å². The van der Waals surface area contributed by atoms with E-state index in [4.69, 9.17) is 0 Å². The molecule has 1 aromatic rings. The standard InChI is InChI=1S/C22H34N2O2/c1-14(2)10-20(24-21(25)18-8-6-15(3)7-9-18)22(26)23-19-12-16(4)11-17(5)13-19/h11-15,18,20H,6-10H2,1-5H3,(H,23,26)(H,24,25). The first-order valence-electron chi connectivity index (χ1n) is 9.94. The molecule has 26 heavy (non-hydrogen) atoms. The van der Waals surface area contributed by atoms with Gasteiger partial charge in [0.2, 0.25) is 11.8 Å². The Balaban J connectivity index is 2.03. The molecule has 4 heteroatoms. The maximum atomic E-state index is 12.8. The second-order valence-electron chi connectivity index (χ2n) is 8.51. The molecule has 0 saturated heterocycles. The van der Waals surface area contributed by atoms with E-state index in [1.165, 1.54) is 0 Å². The molecule has 0 bridgehead atoms. The third-order valence-electron chi connectivity index (χ3n) is 5.22. The fraction of sp³-hybridized carbons (Fsp3) is 0.636. The second-order valence-corrected chi connectivity index (χ2v) is 8.51. The van der Waals surface area contributed by atoms with Crippen LogP contribution in [0.25, 0.3) is 0 Å². The number of amides is 2. The maximum absolute atomic E-state index is 12.8. The maximum Gasteiger partial charge on any atom is 0.246 e. The highest BCUT2D eigenvalue weighted by molar-refractivity contribution is 5.97. The number of benzene rings is 1. The summed E-state index contributed by atoms with van der Waals surface area (Å²) in [5, 5.41) is 6.02. The molecule has 1 aliphatic rings. The first-order valence-corrected chi connectivity index (χ1v) is 9.94. The van der Waals surface area contributed by atoms with Crippen molar-refractivity contribution in [2.24, 2.45) is 17.8 Å². The van der Waals surface area contributed by atoms with E-state index >= 15 is 0 Å². The Kier molecular flexibility index (Phi) is 7.24. The SMILES string of the molecule is Cc1cc(C)cc(NC(=O)C(CC(C)C)NC(=O)C2CCC(C)CC2)c1. The van der Waals surface area contributed by atoms with Gasteiger partial charge in [0.1, 0.15) is 6.04 Å². The summed E-state index contributed by atoms with van der Waals surface area (Å²) in [6, 6.07) is 5.51. The zero-order valence-corrected chi connectivity index (χ0v) is 16.9. The van der Waals surface area contributed by atoms with Crippen molar-refractivity contribution in [3.05, 3.63) is 29.3 Å². The van der Waals surface area contributed by atoms with E-state index in [0.29, 0.717) is 18.3 Å². The zero-order chi connectivity index (χ0) is 19.3. The minimum Gasteiger partial charge on any atom is -0.344 e. The highest BCUT2D eigenvalue weighted by Gasteiger charge is 2.28. The molecule has 1 aliphatic carbocycles. The van der Waals surface area contributed by atoms with Gasteiger partial charge in [-0.2, -0.15) is 0 Å². The summed E-state index contributed by atoms with van der Waals surface area (Å²) in [5.41, 5.74) is 3.02. The van der Waals surface area contributed by atoms with Gasteiger partial charge in [0.25, 0.3) is 0 Å². The molecule has 0 heterocycles. The van der Waals surface area contributed by atoms with Gasteiger partial charge < -0.3 is 10.6 Å². The minimum atomic E-state index is -0.484. The Bertz CT molecular complexity index is 611. The molecule has 1 fully saturated rings. The van der Waals surface area contributed by atoms with Crippen LogP contribution in [0.15, 0.2) is 18.2 Å². The summed E-state index contributed by atoms with van der Waals surface area (Å²) in [6.45, 7) is 10.4. The lowest BCUT2D eigenvalue weighted by Crippen LogP contribution is -2.47. The van der Waals surface area contributed by atoms with Crippen molar-refractivity contribution in [3.63, 3.8) is 0 Å². The fourth-order valence-corrected chi connectivity index (χ4v) is 3.79. The smallest absolute Gasteiger partial charge is 0.246 e. The highest BCUT2D eigenvalue weighted by atomic mass is 16.2. The van der Waals surface area contributed by atoms with E-state index in [2.05, 4.69) is 37.5 Å².